The molecule has 3 atom stereocenters. The number of carbonyl (C=O) groups is 3. The van der Waals surface area contributed by atoms with E-state index in [9.17, 15) is 23.8 Å². The molecule has 0 heterocycles. The van der Waals surface area contributed by atoms with E-state index in [4.69, 9.17) is 24.8 Å². The molecule has 336 valence electrons. The number of carbonyl (C=O) groups excluding carboxylic acids is 2. The number of phosphoric acid groups is 1. The summed E-state index contributed by atoms with van der Waals surface area (Å²) in [6.07, 6.45) is 46.0. The smallest absolute Gasteiger partial charge is 0.472 e. The molecule has 0 radical (unpaired) electrons. The second kappa shape index (κ2) is 41.2. The Morgan fingerprint density at radius 2 is 0.966 bits per heavy atom. The van der Waals surface area contributed by atoms with Crippen LogP contribution >= 0.6 is 7.82 Å². The van der Waals surface area contributed by atoms with Crippen molar-refractivity contribution in [3.8, 4) is 0 Å². The summed E-state index contributed by atoms with van der Waals surface area (Å²) < 4.78 is 32.7. The molecule has 0 spiro atoms. The average Bonchev–Trinajstić information content (AvgIpc) is 3.20. The van der Waals surface area contributed by atoms with Crippen LogP contribution in [-0.4, -0.2) is 59.9 Å². The number of esters is 2. The Morgan fingerprint density at radius 3 is 1.45 bits per heavy atom. The highest BCUT2D eigenvalue weighted by Crippen LogP contribution is 2.43. The number of unbranched alkanes of at least 4 members (excludes halogenated alkanes) is 20. The quantitative estimate of drug-likeness (QED) is 0.0231. The summed E-state index contributed by atoms with van der Waals surface area (Å²) in [5, 5.41) is 8.89. The number of phosphoric ester groups is 1. The van der Waals surface area contributed by atoms with Crippen molar-refractivity contribution in [3.63, 3.8) is 0 Å². The fraction of sp³-hybridized carbons (Fsp3) is 0.761. The lowest BCUT2D eigenvalue weighted by molar-refractivity contribution is -0.161. The first-order valence-corrected chi connectivity index (χ1v) is 24.2. The van der Waals surface area contributed by atoms with Crippen molar-refractivity contribution in [1.29, 1.82) is 0 Å². The SMILES string of the molecule is CC/C=C\C/C=C\C/C=C\C/C=C\CCCCCCC(=O)OC(COC(=O)CCCCCCCCCCCCCCCCCCC)COP(=O)(O)OCC(N)C(=O)O. The molecule has 12 heteroatoms. The minimum absolute atomic E-state index is 0.133. The zero-order valence-corrected chi connectivity index (χ0v) is 37.3. The number of nitrogens with two attached hydrogens (primary N) is 1. The fourth-order valence-electron chi connectivity index (χ4n) is 6.06. The molecule has 0 aliphatic heterocycles. The first kappa shape index (κ1) is 55.4. The number of carboxylic acids is 1. The fourth-order valence-corrected chi connectivity index (χ4v) is 6.83. The molecule has 11 nitrogen and oxygen atoms in total. The highest BCUT2D eigenvalue weighted by molar-refractivity contribution is 7.47. The molecule has 0 amide bonds. The molecule has 3 unspecified atom stereocenters. The summed E-state index contributed by atoms with van der Waals surface area (Å²) in [6, 6.07) is -1.53. The molecule has 0 aliphatic rings. The van der Waals surface area contributed by atoms with Gasteiger partial charge in [0.1, 0.15) is 12.6 Å². The van der Waals surface area contributed by atoms with Gasteiger partial charge in [0.15, 0.2) is 6.10 Å². The van der Waals surface area contributed by atoms with E-state index in [-0.39, 0.29) is 19.4 Å². The maximum absolute atomic E-state index is 12.6. The average molecular weight is 840 g/mol. The molecule has 0 fully saturated rings. The van der Waals surface area contributed by atoms with E-state index in [0.29, 0.717) is 12.8 Å². The van der Waals surface area contributed by atoms with Gasteiger partial charge in [0.25, 0.3) is 0 Å². The number of carboxylic acid groups (broad SMARTS) is 1. The predicted octanol–water partition coefficient (Wildman–Crippen LogP) is 12.2. The molecule has 0 saturated heterocycles. The summed E-state index contributed by atoms with van der Waals surface area (Å²) in [5.74, 6) is -2.41. The molecule has 0 rings (SSSR count). The Hall–Kier alpha value is -2.56. The Morgan fingerprint density at radius 1 is 0.552 bits per heavy atom. The third-order valence-electron chi connectivity index (χ3n) is 9.59. The van der Waals surface area contributed by atoms with E-state index in [1.54, 1.807) is 0 Å². The molecule has 0 aromatic rings. The van der Waals surface area contributed by atoms with Crippen molar-refractivity contribution in [2.24, 2.45) is 5.73 Å². The molecule has 0 bridgehead atoms. The van der Waals surface area contributed by atoms with Gasteiger partial charge in [0.2, 0.25) is 0 Å². The van der Waals surface area contributed by atoms with Crippen molar-refractivity contribution < 1.29 is 47.5 Å². The Labute approximate surface area is 352 Å². The van der Waals surface area contributed by atoms with Crippen LogP contribution in [0.1, 0.15) is 194 Å². The zero-order valence-electron chi connectivity index (χ0n) is 36.4. The van der Waals surface area contributed by atoms with Crippen LogP contribution in [0.25, 0.3) is 0 Å². The van der Waals surface area contributed by atoms with Gasteiger partial charge < -0.3 is 25.2 Å². The lowest BCUT2D eigenvalue weighted by Crippen LogP contribution is -2.34. The second-order valence-electron chi connectivity index (χ2n) is 15.2. The van der Waals surface area contributed by atoms with E-state index >= 15 is 0 Å². The maximum atomic E-state index is 12.6. The third kappa shape index (κ3) is 40.2. The van der Waals surface area contributed by atoms with Gasteiger partial charge in [0.05, 0.1) is 13.2 Å². The maximum Gasteiger partial charge on any atom is 0.472 e. The highest BCUT2D eigenvalue weighted by atomic mass is 31.2. The minimum atomic E-state index is -4.72. The van der Waals surface area contributed by atoms with E-state index in [0.717, 1.165) is 70.6 Å². The number of hydrogen-bond acceptors (Lipinski definition) is 9. The number of allylic oxidation sites excluding steroid dienone is 8. The van der Waals surface area contributed by atoms with Crippen LogP contribution in [0, 0.1) is 0 Å². The normalized spacial score (nSPS) is 14.1. The van der Waals surface area contributed by atoms with E-state index in [2.05, 4.69) is 67.0 Å². The molecule has 0 saturated carbocycles. The van der Waals surface area contributed by atoms with Crippen LogP contribution in [0.2, 0.25) is 0 Å². The zero-order chi connectivity index (χ0) is 42.8. The summed E-state index contributed by atoms with van der Waals surface area (Å²) >= 11 is 0. The van der Waals surface area contributed by atoms with Gasteiger partial charge in [-0.3, -0.25) is 23.4 Å². The summed E-state index contributed by atoms with van der Waals surface area (Å²) in [7, 11) is -4.72. The Balaban J connectivity index is 4.36. The summed E-state index contributed by atoms with van der Waals surface area (Å²) in [6.45, 7) is 2.68. The number of rotatable bonds is 42. The molecule has 0 aromatic heterocycles. The summed E-state index contributed by atoms with van der Waals surface area (Å²) in [5.41, 5.74) is 5.34. The van der Waals surface area contributed by atoms with Crippen LogP contribution in [0.4, 0.5) is 0 Å². The number of hydrogen-bond donors (Lipinski definition) is 3. The van der Waals surface area contributed by atoms with Gasteiger partial charge in [-0.15, -0.1) is 0 Å². The van der Waals surface area contributed by atoms with Crippen LogP contribution < -0.4 is 5.73 Å². The standard InChI is InChI=1S/C46H82NO10P/c1-3-5-7-9-11-13-15-17-19-21-23-25-27-29-31-33-35-37-44(48)54-39-42(40-55-58(52,53)56-41-43(47)46(50)51)57-45(49)38-36-34-32-30-28-26-24-22-20-18-16-14-12-10-8-6-4-2/h6,8,12,14,18,20,24,26,42-43H,3-5,7,9-11,13,15-17,19,21-23,25,27-41,47H2,1-2H3,(H,50,51)(H,52,53)/b8-6-,14-12-,20-18-,26-24-. The van der Waals surface area contributed by atoms with Gasteiger partial charge in [-0.2, -0.15) is 0 Å². The van der Waals surface area contributed by atoms with Gasteiger partial charge in [0, 0.05) is 12.8 Å². The topological polar surface area (TPSA) is 172 Å². The van der Waals surface area contributed by atoms with Crippen LogP contribution in [0.5, 0.6) is 0 Å². The van der Waals surface area contributed by atoms with E-state index in [1.807, 2.05) is 0 Å². The Bertz CT molecular complexity index is 1170. The van der Waals surface area contributed by atoms with Gasteiger partial charge in [-0.25, -0.2) is 4.57 Å². The van der Waals surface area contributed by atoms with Crippen LogP contribution in [0.3, 0.4) is 0 Å². The molecular formula is C46H82NO10P. The minimum Gasteiger partial charge on any atom is -0.480 e. The lowest BCUT2D eigenvalue weighted by Gasteiger charge is -2.20. The van der Waals surface area contributed by atoms with Crippen LogP contribution in [-0.2, 0) is 37.5 Å². The van der Waals surface area contributed by atoms with Crippen molar-refractivity contribution in [2.75, 3.05) is 19.8 Å². The molecule has 58 heavy (non-hydrogen) atoms. The molecule has 4 N–H and O–H groups in total. The molecule has 0 aromatic carbocycles. The van der Waals surface area contributed by atoms with Crippen molar-refractivity contribution in [1.82, 2.24) is 0 Å². The van der Waals surface area contributed by atoms with E-state index < -0.39 is 51.1 Å². The van der Waals surface area contributed by atoms with Crippen molar-refractivity contribution >= 4 is 25.7 Å². The molecule has 0 aliphatic carbocycles. The largest absolute Gasteiger partial charge is 0.480 e. The van der Waals surface area contributed by atoms with E-state index in [1.165, 1.54) is 83.5 Å². The van der Waals surface area contributed by atoms with Crippen molar-refractivity contribution in [3.05, 3.63) is 48.6 Å². The number of ether oxygens (including phenoxy) is 2. The van der Waals surface area contributed by atoms with Gasteiger partial charge in [-0.05, 0) is 51.4 Å². The lowest BCUT2D eigenvalue weighted by atomic mass is 10.0. The molecular weight excluding hydrogens is 757 g/mol. The summed E-state index contributed by atoms with van der Waals surface area (Å²) in [4.78, 5) is 46.0. The number of aliphatic carboxylic acids is 1. The predicted molar refractivity (Wildman–Crippen MR) is 235 cm³/mol. The van der Waals surface area contributed by atoms with Crippen LogP contribution in [0.15, 0.2) is 48.6 Å². The third-order valence-corrected chi connectivity index (χ3v) is 10.5. The second-order valence-corrected chi connectivity index (χ2v) is 16.6. The first-order chi connectivity index (χ1) is 28.1. The highest BCUT2D eigenvalue weighted by Gasteiger charge is 2.28. The van der Waals surface area contributed by atoms with Gasteiger partial charge in [-0.1, -0.05) is 178 Å². The van der Waals surface area contributed by atoms with Gasteiger partial charge >= 0.3 is 25.7 Å². The van der Waals surface area contributed by atoms with Crippen molar-refractivity contribution in [2.45, 2.75) is 206 Å². The first-order valence-electron chi connectivity index (χ1n) is 22.7. The Kier molecular flexibility index (Phi) is 39.4. The monoisotopic (exact) mass is 840 g/mol.